The summed E-state index contributed by atoms with van der Waals surface area (Å²) in [6.07, 6.45) is 0. The number of para-hydroxylation sites is 3. The van der Waals surface area contributed by atoms with Crippen molar-refractivity contribution in [2.45, 2.75) is 0 Å². The normalized spacial score (nSPS) is 11.0. The van der Waals surface area contributed by atoms with Gasteiger partial charge in [-0.1, -0.05) is 48.5 Å². The fourth-order valence-corrected chi connectivity index (χ4v) is 3.14. The number of benzene rings is 4. The van der Waals surface area contributed by atoms with Crippen LogP contribution in [0.3, 0.4) is 0 Å². The zero-order valence-corrected chi connectivity index (χ0v) is 14.5. The molecule has 0 unspecified atom stereocenters. The molecule has 0 spiro atoms. The first kappa shape index (κ1) is 15.5. The zero-order chi connectivity index (χ0) is 18.1. The van der Waals surface area contributed by atoms with Crippen LogP contribution in [0.5, 0.6) is 23.0 Å². The molecule has 5 rings (SSSR count). The van der Waals surface area contributed by atoms with Crippen molar-refractivity contribution >= 4 is 21.9 Å². The highest BCUT2D eigenvalue weighted by molar-refractivity contribution is 6.07. The lowest BCUT2D eigenvalue weighted by Crippen LogP contribution is -1.83. The van der Waals surface area contributed by atoms with Crippen molar-refractivity contribution in [3.63, 3.8) is 0 Å². The van der Waals surface area contributed by atoms with Gasteiger partial charge >= 0.3 is 0 Å². The first-order chi connectivity index (χ1) is 13.4. The monoisotopic (exact) mass is 352 g/mol. The average Bonchev–Trinajstić information content (AvgIpc) is 3.08. The molecule has 0 atom stereocenters. The lowest BCUT2D eigenvalue weighted by atomic mass is 10.1. The van der Waals surface area contributed by atoms with Gasteiger partial charge in [0.15, 0.2) is 11.3 Å². The maximum absolute atomic E-state index is 6.13. The third-order valence-electron chi connectivity index (χ3n) is 4.38. The second-order valence-electron chi connectivity index (χ2n) is 6.22. The van der Waals surface area contributed by atoms with E-state index in [4.69, 9.17) is 13.9 Å². The number of furan rings is 1. The van der Waals surface area contributed by atoms with Crippen LogP contribution in [0.1, 0.15) is 0 Å². The molecule has 0 fully saturated rings. The summed E-state index contributed by atoms with van der Waals surface area (Å²) in [6.45, 7) is 0. The predicted molar refractivity (Wildman–Crippen MR) is 107 cm³/mol. The molecule has 0 saturated heterocycles. The molecule has 27 heavy (non-hydrogen) atoms. The minimum absolute atomic E-state index is 0.695. The highest BCUT2D eigenvalue weighted by atomic mass is 16.5. The van der Waals surface area contributed by atoms with E-state index in [2.05, 4.69) is 0 Å². The maximum atomic E-state index is 6.13. The Morgan fingerprint density at radius 2 is 1.22 bits per heavy atom. The highest BCUT2D eigenvalue weighted by Gasteiger charge is 2.13. The molecule has 1 aromatic heterocycles. The lowest BCUT2D eigenvalue weighted by Gasteiger charge is -2.05. The standard InChI is InChI=1S/C24H16O3/c1-3-8-17(9-4-1)25-19-14-15-20-21-12-7-13-22(24(21)27-23(20)16-19)26-18-10-5-2-6-11-18/h1-16H. The third kappa shape index (κ3) is 3.00. The summed E-state index contributed by atoms with van der Waals surface area (Å²) in [7, 11) is 0. The first-order valence-corrected chi connectivity index (χ1v) is 8.78. The van der Waals surface area contributed by atoms with Crippen molar-refractivity contribution < 1.29 is 13.9 Å². The Morgan fingerprint density at radius 1 is 0.519 bits per heavy atom. The molecule has 130 valence electrons. The zero-order valence-electron chi connectivity index (χ0n) is 14.5. The van der Waals surface area contributed by atoms with Crippen molar-refractivity contribution in [2.24, 2.45) is 0 Å². The summed E-state index contributed by atoms with van der Waals surface area (Å²) in [5.74, 6) is 3.00. The van der Waals surface area contributed by atoms with Crippen molar-refractivity contribution in [2.75, 3.05) is 0 Å². The molecule has 3 heteroatoms. The molecule has 1 heterocycles. The van der Waals surface area contributed by atoms with Crippen molar-refractivity contribution in [3.05, 3.63) is 97.1 Å². The van der Waals surface area contributed by atoms with Gasteiger partial charge in [-0.05, 0) is 42.5 Å². The summed E-state index contributed by atoms with van der Waals surface area (Å²) < 4.78 is 18.1. The van der Waals surface area contributed by atoms with E-state index in [0.29, 0.717) is 5.75 Å². The van der Waals surface area contributed by atoms with E-state index < -0.39 is 0 Å². The van der Waals surface area contributed by atoms with Gasteiger partial charge in [-0.2, -0.15) is 0 Å². The summed E-state index contributed by atoms with van der Waals surface area (Å²) in [5.41, 5.74) is 1.50. The van der Waals surface area contributed by atoms with Crippen molar-refractivity contribution in [3.8, 4) is 23.0 Å². The molecule has 0 amide bonds. The Balaban J connectivity index is 1.56. The Morgan fingerprint density at radius 3 is 1.96 bits per heavy atom. The van der Waals surface area contributed by atoms with Crippen LogP contribution in [-0.4, -0.2) is 0 Å². The number of hydrogen-bond donors (Lipinski definition) is 0. The lowest BCUT2D eigenvalue weighted by molar-refractivity contribution is 0.474. The van der Waals surface area contributed by atoms with Crippen molar-refractivity contribution in [1.82, 2.24) is 0 Å². The SMILES string of the molecule is c1ccc(Oc2ccc3c(c2)oc2c(Oc4ccccc4)cccc23)cc1. The van der Waals surface area contributed by atoms with Gasteiger partial charge in [-0.25, -0.2) is 0 Å². The van der Waals surface area contributed by atoms with Gasteiger partial charge in [0.05, 0.1) is 0 Å². The predicted octanol–water partition coefficient (Wildman–Crippen LogP) is 7.17. The van der Waals surface area contributed by atoms with Crippen LogP contribution < -0.4 is 9.47 Å². The number of hydrogen-bond acceptors (Lipinski definition) is 3. The van der Waals surface area contributed by atoms with E-state index in [-0.39, 0.29) is 0 Å². The van der Waals surface area contributed by atoms with Gasteiger partial charge in [-0.15, -0.1) is 0 Å². The fraction of sp³-hybridized carbons (Fsp3) is 0. The van der Waals surface area contributed by atoms with E-state index >= 15 is 0 Å². The molecule has 0 bridgehead atoms. The van der Waals surface area contributed by atoms with Gasteiger partial charge in [0, 0.05) is 16.8 Å². The Bertz CT molecular complexity index is 1210. The summed E-state index contributed by atoms with van der Waals surface area (Å²) in [5, 5.41) is 2.05. The molecule has 0 saturated carbocycles. The molecular weight excluding hydrogens is 336 g/mol. The van der Waals surface area contributed by atoms with E-state index in [1.165, 1.54) is 0 Å². The van der Waals surface area contributed by atoms with Crippen LogP contribution in [0.4, 0.5) is 0 Å². The fourth-order valence-electron chi connectivity index (χ4n) is 3.14. The molecule has 4 aromatic carbocycles. The average molecular weight is 352 g/mol. The van der Waals surface area contributed by atoms with Crippen LogP contribution in [-0.2, 0) is 0 Å². The largest absolute Gasteiger partial charge is 0.457 e. The Hall–Kier alpha value is -3.72. The summed E-state index contributed by atoms with van der Waals surface area (Å²) in [6, 6.07) is 31.2. The van der Waals surface area contributed by atoms with E-state index in [1.807, 2.05) is 97.1 Å². The molecular formula is C24H16O3. The van der Waals surface area contributed by atoms with Gasteiger partial charge in [0.25, 0.3) is 0 Å². The van der Waals surface area contributed by atoms with Crippen LogP contribution >= 0.6 is 0 Å². The Labute approximate surface area is 156 Å². The van der Waals surface area contributed by atoms with Gasteiger partial charge in [0.2, 0.25) is 0 Å². The topological polar surface area (TPSA) is 31.6 Å². The molecule has 5 aromatic rings. The second-order valence-corrected chi connectivity index (χ2v) is 6.22. The molecule has 0 aliphatic rings. The Kier molecular flexibility index (Phi) is 3.76. The molecule has 0 aliphatic carbocycles. The minimum Gasteiger partial charge on any atom is -0.457 e. The van der Waals surface area contributed by atoms with Crippen LogP contribution in [0, 0.1) is 0 Å². The minimum atomic E-state index is 0.695. The van der Waals surface area contributed by atoms with E-state index in [0.717, 1.165) is 39.2 Å². The summed E-state index contributed by atoms with van der Waals surface area (Å²) in [4.78, 5) is 0. The molecule has 0 radical (unpaired) electrons. The van der Waals surface area contributed by atoms with E-state index in [1.54, 1.807) is 0 Å². The third-order valence-corrected chi connectivity index (χ3v) is 4.38. The number of rotatable bonds is 4. The van der Waals surface area contributed by atoms with Gasteiger partial charge in [-0.3, -0.25) is 0 Å². The van der Waals surface area contributed by atoms with Crippen LogP contribution in [0.25, 0.3) is 21.9 Å². The number of fused-ring (bicyclic) bond motifs is 3. The first-order valence-electron chi connectivity index (χ1n) is 8.78. The molecule has 0 N–H and O–H groups in total. The highest BCUT2D eigenvalue weighted by Crippen LogP contribution is 2.38. The second kappa shape index (κ2) is 6.54. The number of ether oxygens (including phenoxy) is 2. The molecule has 3 nitrogen and oxygen atoms in total. The smallest absolute Gasteiger partial charge is 0.177 e. The summed E-state index contributed by atoms with van der Waals surface area (Å²) >= 11 is 0. The van der Waals surface area contributed by atoms with Gasteiger partial charge in [0.1, 0.15) is 22.8 Å². The van der Waals surface area contributed by atoms with Crippen LogP contribution in [0.2, 0.25) is 0 Å². The van der Waals surface area contributed by atoms with Crippen molar-refractivity contribution in [1.29, 1.82) is 0 Å². The molecule has 0 aliphatic heterocycles. The van der Waals surface area contributed by atoms with Crippen LogP contribution in [0.15, 0.2) is 101 Å². The maximum Gasteiger partial charge on any atom is 0.177 e. The van der Waals surface area contributed by atoms with Gasteiger partial charge < -0.3 is 13.9 Å². The van der Waals surface area contributed by atoms with E-state index in [9.17, 15) is 0 Å². The quantitative estimate of drug-likeness (QED) is 0.343.